The number of imidazole rings is 1. The maximum atomic E-state index is 13.9. The summed E-state index contributed by atoms with van der Waals surface area (Å²) >= 11 is 6.09. The second-order valence-corrected chi connectivity index (χ2v) is 8.23. The molecule has 1 aromatic heterocycles. The SMILES string of the molecule is COc1ccc(N(C)Cc2cn(-c3ccc(Cl)cc3)c(Cc3cc(F)ccc3C)n2)cc1. The Morgan fingerprint density at radius 3 is 2.44 bits per heavy atom. The van der Waals surface area contributed by atoms with Crippen LogP contribution in [0.3, 0.4) is 0 Å². The highest BCUT2D eigenvalue weighted by atomic mass is 35.5. The third kappa shape index (κ3) is 4.94. The van der Waals surface area contributed by atoms with Crippen molar-refractivity contribution in [2.45, 2.75) is 19.9 Å². The topological polar surface area (TPSA) is 30.3 Å². The number of aromatic nitrogens is 2. The van der Waals surface area contributed by atoms with Gasteiger partial charge in [-0.3, -0.25) is 0 Å². The van der Waals surface area contributed by atoms with Gasteiger partial charge in [0.2, 0.25) is 0 Å². The summed E-state index contributed by atoms with van der Waals surface area (Å²) in [5.74, 6) is 1.43. The number of halogens is 2. The van der Waals surface area contributed by atoms with E-state index in [1.165, 1.54) is 6.07 Å². The summed E-state index contributed by atoms with van der Waals surface area (Å²) in [6, 6.07) is 20.4. The lowest BCUT2D eigenvalue weighted by molar-refractivity contribution is 0.415. The fourth-order valence-corrected chi connectivity index (χ4v) is 3.80. The van der Waals surface area contributed by atoms with Crippen LogP contribution >= 0.6 is 11.6 Å². The first-order chi connectivity index (χ1) is 15.4. The molecule has 4 aromatic rings. The molecule has 6 heteroatoms. The van der Waals surface area contributed by atoms with Gasteiger partial charge in [0.05, 0.1) is 19.3 Å². The molecule has 0 saturated heterocycles. The molecule has 0 N–H and O–H groups in total. The zero-order valence-corrected chi connectivity index (χ0v) is 19.1. The molecule has 0 fully saturated rings. The van der Waals surface area contributed by atoms with E-state index in [0.717, 1.165) is 39.8 Å². The van der Waals surface area contributed by atoms with Crippen LogP contribution in [0.5, 0.6) is 5.75 Å². The minimum atomic E-state index is -0.241. The molecule has 0 spiro atoms. The number of methoxy groups -OCH3 is 1. The number of benzene rings is 3. The zero-order valence-electron chi connectivity index (χ0n) is 18.3. The fraction of sp³-hybridized carbons (Fsp3) is 0.192. The predicted octanol–water partition coefficient (Wildman–Crippen LogP) is 6.21. The summed E-state index contributed by atoms with van der Waals surface area (Å²) in [7, 11) is 3.68. The molecule has 0 atom stereocenters. The van der Waals surface area contributed by atoms with Crippen LogP contribution in [0.2, 0.25) is 5.02 Å². The van der Waals surface area contributed by atoms with Crippen molar-refractivity contribution < 1.29 is 9.13 Å². The molecule has 32 heavy (non-hydrogen) atoms. The van der Waals surface area contributed by atoms with E-state index < -0.39 is 0 Å². The average Bonchev–Trinajstić information content (AvgIpc) is 3.18. The third-order valence-electron chi connectivity index (χ3n) is 5.51. The van der Waals surface area contributed by atoms with Crippen LogP contribution in [0.1, 0.15) is 22.6 Å². The smallest absolute Gasteiger partial charge is 0.123 e. The molecule has 0 aliphatic rings. The van der Waals surface area contributed by atoms with Gasteiger partial charge >= 0.3 is 0 Å². The van der Waals surface area contributed by atoms with E-state index in [1.54, 1.807) is 19.2 Å². The molecular weight excluding hydrogens is 425 g/mol. The molecule has 0 amide bonds. The first kappa shape index (κ1) is 21.9. The van der Waals surface area contributed by atoms with Crippen LogP contribution in [0.15, 0.2) is 72.9 Å². The Morgan fingerprint density at radius 2 is 1.75 bits per heavy atom. The van der Waals surface area contributed by atoms with Gasteiger partial charge in [-0.05, 0) is 78.7 Å². The van der Waals surface area contributed by atoms with Crippen molar-refractivity contribution in [3.63, 3.8) is 0 Å². The van der Waals surface area contributed by atoms with Gasteiger partial charge < -0.3 is 14.2 Å². The lowest BCUT2D eigenvalue weighted by Gasteiger charge is -2.18. The maximum Gasteiger partial charge on any atom is 0.123 e. The summed E-state index contributed by atoms with van der Waals surface area (Å²) in [5.41, 5.74) is 4.90. The van der Waals surface area contributed by atoms with Crippen LogP contribution in [0.25, 0.3) is 5.69 Å². The first-order valence-electron chi connectivity index (χ1n) is 10.4. The monoisotopic (exact) mass is 449 g/mol. The van der Waals surface area contributed by atoms with Crippen LogP contribution < -0.4 is 9.64 Å². The Balaban J connectivity index is 1.66. The number of hydrogen-bond acceptors (Lipinski definition) is 3. The lowest BCUT2D eigenvalue weighted by atomic mass is 10.1. The highest BCUT2D eigenvalue weighted by Gasteiger charge is 2.14. The van der Waals surface area contributed by atoms with E-state index in [0.29, 0.717) is 18.0 Å². The summed E-state index contributed by atoms with van der Waals surface area (Å²) < 4.78 is 21.2. The summed E-state index contributed by atoms with van der Waals surface area (Å²) in [4.78, 5) is 7.05. The van der Waals surface area contributed by atoms with Gasteiger partial charge in [0, 0.05) is 36.1 Å². The normalized spacial score (nSPS) is 10.9. The second-order valence-electron chi connectivity index (χ2n) is 7.80. The number of hydrogen-bond donors (Lipinski definition) is 0. The van der Waals surface area contributed by atoms with Gasteiger partial charge in [-0.1, -0.05) is 17.7 Å². The summed E-state index contributed by atoms with van der Waals surface area (Å²) in [6.45, 7) is 2.62. The van der Waals surface area contributed by atoms with Crippen molar-refractivity contribution in [2.24, 2.45) is 0 Å². The van der Waals surface area contributed by atoms with E-state index in [4.69, 9.17) is 21.3 Å². The van der Waals surface area contributed by atoms with Crippen LogP contribution in [-0.4, -0.2) is 23.7 Å². The minimum absolute atomic E-state index is 0.241. The number of aryl methyl sites for hydroxylation is 1. The van der Waals surface area contributed by atoms with Crippen molar-refractivity contribution >= 4 is 17.3 Å². The van der Waals surface area contributed by atoms with Crippen molar-refractivity contribution in [3.05, 3.63) is 106 Å². The Morgan fingerprint density at radius 1 is 1.03 bits per heavy atom. The van der Waals surface area contributed by atoms with Gasteiger partial charge in [-0.15, -0.1) is 0 Å². The van der Waals surface area contributed by atoms with E-state index in [1.807, 2.05) is 68.7 Å². The molecule has 0 bridgehead atoms. The van der Waals surface area contributed by atoms with Crippen LogP contribution in [-0.2, 0) is 13.0 Å². The van der Waals surface area contributed by atoms with E-state index in [9.17, 15) is 4.39 Å². The van der Waals surface area contributed by atoms with E-state index in [2.05, 4.69) is 9.47 Å². The van der Waals surface area contributed by atoms with Gasteiger partial charge in [-0.25, -0.2) is 9.37 Å². The van der Waals surface area contributed by atoms with E-state index >= 15 is 0 Å². The highest BCUT2D eigenvalue weighted by molar-refractivity contribution is 6.30. The zero-order chi connectivity index (χ0) is 22.7. The van der Waals surface area contributed by atoms with Crippen molar-refractivity contribution in [1.29, 1.82) is 0 Å². The Kier molecular flexibility index (Phi) is 6.47. The van der Waals surface area contributed by atoms with Gasteiger partial charge in [0.15, 0.2) is 0 Å². The molecular formula is C26H25ClFN3O. The number of ether oxygens (including phenoxy) is 1. The largest absolute Gasteiger partial charge is 0.497 e. The fourth-order valence-electron chi connectivity index (χ4n) is 3.67. The minimum Gasteiger partial charge on any atom is -0.497 e. The summed E-state index contributed by atoms with van der Waals surface area (Å²) in [5, 5.41) is 0.677. The van der Waals surface area contributed by atoms with Crippen molar-refractivity contribution in [1.82, 2.24) is 9.55 Å². The van der Waals surface area contributed by atoms with Gasteiger partial charge in [0.25, 0.3) is 0 Å². The number of rotatable bonds is 7. The molecule has 3 aromatic carbocycles. The maximum absolute atomic E-state index is 13.9. The quantitative estimate of drug-likeness (QED) is 0.336. The second kappa shape index (κ2) is 9.45. The molecule has 0 aliphatic heterocycles. The standard InChI is InChI=1S/C26H25ClFN3O/c1-18-4-7-21(28)14-19(18)15-26-29-22(17-31(26)24-8-5-20(27)6-9-24)16-30(2)23-10-12-25(32-3)13-11-23/h4-14,17H,15-16H2,1-3H3. The van der Waals surface area contributed by atoms with Crippen LogP contribution in [0, 0.1) is 12.7 Å². The Labute approximate surface area is 192 Å². The van der Waals surface area contributed by atoms with Crippen molar-refractivity contribution in [2.75, 3.05) is 19.1 Å². The number of anilines is 1. The van der Waals surface area contributed by atoms with Gasteiger partial charge in [0.1, 0.15) is 17.4 Å². The Hall–Kier alpha value is -3.31. The molecule has 4 rings (SSSR count). The first-order valence-corrected chi connectivity index (χ1v) is 10.7. The lowest BCUT2D eigenvalue weighted by Crippen LogP contribution is -2.16. The molecule has 0 aliphatic carbocycles. The molecule has 0 unspecified atom stereocenters. The van der Waals surface area contributed by atoms with Crippen molar-refractivity contribution in [3.8, 4) is 11.4 Å². The molecule has 0 radical (unpaired) electrons. The molecule has 4 nitrogen and oxygen atoms in total. The van der Waals surface area contributed by atoms with Gasteiger partial charge in [-0.2, -0.15) is 0 Å². The highest BCUT2D eigenvalue weighted by Crippen LogP contribution is 2.23. The average molecular weight is 450 g/mol. The van der Waals surface area contributed by atoms with Crippen LogP contribution in [0.4, 0.5) is 10.1 Å². The van der Waals surface area contributed by atoms with E-state index in [-0.39, 0.29) is 5.82 Å². The Bertz CT molecular complexity index is 1200. The summed E-state index contributed by atoms with van der Waals surface area (Å²) in [6.07, 6.45) is 2.56. The third-order valence-corrected chi connectivity index (χ3v) is 5.76. The molecule has 1 heterocycles. The predicted molar refractivity (Wildman–Crippen MR) is 128 cm³/mol. The molecule has 164 valence electrons. The molecule has 0 saturated carbocycles. The number of nitrogens with zero attached hydrogens (tertiary/aromatic N) is 3.